The average molecular weight is 485 g/mol. The molecule has 0 aromatic carbocycles. The van der Waals surface area contributed by atoms with Gasteiger partial charge in [-0.2, -0.15) is 0 Å². The SMILES string of the molecule is Cc1nc(C(=O)N2CCN(CC3CCNCC3(F)F)CC2)cc(N2CCC(=O)NC2=O)c1Cl. The molecule has 1 aromatic heterocycles. The molecule has 12 heteroatoms. The van der Waals surface area contributed by atoms with Gasteiger partial charge in [0.15, 0.2) is 0 Å². The maximum atomic E-state index is 14.1. The summed E-state index contributed by atoms with van der Waals surface area (Å²) in [5.74, 6) is -4.09. The van der Waals surface area contributed by atoms with Crippen LogP contribution in [0.1, 0.15) is 29.0 Å². The van der Waals surface area contributed by atoms with E-state index in [0.29, 0.717) is 57.1 Å². The van der Waals surface area contributed by atoms with Crippen LogP contribution in [0.25, 0.3) is 0 Å². The highest BCUT2D eigenvalue weighted by molar-refractivity contribution is 6.34. The zero-order valence-corrected chi connectivity index (χ0v) is 19.1. The fourth-order valence-electron chi connectivity index (χ4n) is 4.46. The van der Waals surface area contributed by atoms with Crippen molar-refractivity contribution in [1.82, 2.24) is 25.4 Å². The Morgan fingerprint density at radius 2 is 1.97 bits per heavy atom. The van der Waals surface area contributed by atoms with Gasteiger partial charge in [0.1, 0.15) is 5.69 Å². The number of imide groups is 1. The number of piperidine rings is 1. The lowest BCUT2D eigenvalue weighted by atomic mass is 9.93. The van der Waals surface area contributed by atoms with Crippen LogP contribution >= 0.6 is 11.6 Å². The summed E-state index contributed by atoms with van der Waals surface area (Å²) in [7, 11) is 0. The number of aryl methyl sites for hydroxylation is 1. The minimum absolute atomic E-state index is 0.130. The number of piperazine rings is 1. The lowest BCUT2D eigenvalue weighted by Gasteiger charge is -2.39. The Morgan fingerprint density at radius 1 is 1.24 bits per heavy atom. The molecule has 3 saturated heterocycles. The van der Waals surface area contributed by atoms with E-state index >= 15 is 0 Å². The van der Waals surface area contributed by atoms with E-state index < -0.39 is 17.9 Å². The van der Waals surface area contributed by atoms with Gasteiger partial charge in [-0.3, -0.25) is 24.7 Å². The van der Waals surface area contributed by atoms with Crippen molar-refractivity contribution in [1.29, 1.82) is 0 Å². The normalized spacial score (nSPS) is 24.1. The number of nitrogens with zero attached hydrogens (tertiary/aromatic N) is 4. The second-order valence-electron chi connectivity index (χ2n) is 8.70. The average Bonchev–Trinajstić information content (AvgIpc) is 2.77. The number of halogens is 3. The summed E-state index contributed by atoms with van der Waals surface area (Å²) in [4.78, 5) is 46.1. The molecule has 1 unspecified atom stereocenters. The van der Waals surface area contributed by atoms with E-state index in [1.807, 2.05) is 4.90 Å². The smallest absolute Gasteiger partial charge is 0.328 e. The third-order valence-electron chi connectivity index (χ3n) is 6.43. The summed E-state index contributed by atoms with van der Waals surface area (Å²) in [6, 6.07) is 0.870. The highest BCUT2D eigenvalue weighted by Gasteiger charge is 2.42. The quantitative estimate of drug-likeness (QED) is 0.672. The predicted molar refractivity (Wildman–Crippen MR) is 118 cm³/mol. The zero-order valence-electron chi connectivity index (χ0n) is 18.4. The Kier molecular flexibility index (Phi) is 6.83. The summed E-state index contributed by atoms with van der Waals surface area (Å²) in [6.07, 6.45) is 0.559. The highest BCUT2D eigenvalue weighted by Crippen LogP contribution is 2.32. The molecule has 0 bridgehead atoms. The Hall–Kier alpha value is -2.37. The Morgan fingerprint density at radius 3 is 2.64 bits per heavy atom. The van der Waals surface area contributed by atoms with Crippen molar-refractivity contribution in [3.05, 3.63) is 22.5 Å². The molecule has 1 aromatic rings. The first-order chi connectivity index (χ1) is 15.7. The maximum absolute atomic E-state index is 14.1. The first kappa shape index (κ1) is 23.8. The second kappa shape index (κ2) is 9.47. The molecule has 180 valence electrons. The van der Waals surface area contributed by atoms with Gasteiger partial charge in [0.05, 0.1) is 22.9 Å². The van der Waals surface area contributed by atoms with E-state index in [2.05, 4.69) is 15.6 Å². The number of nitrogens with one attached hydrogen (secondary N) is 2. The molecule has 0 spiro atoms. The molecule has 4 amide bonds. The van der Waals surface area contributed by atoms with Crippen LogP contribution in [-0.4, -0.2) is 90.9 Å². The van der Waals surface area contributed by atoms with E-state index in [9.17, 15) is 23.2 Å². The van der Waals surface area contributed by atoms with Crippen molar-refractivity contribution in [2.24, 2.45) is 5.92 Å². The Labute approximate surface area is 195 Å². The lowest BCUT2D eigenvalue weighted by Crippen LogP contribution is -2.54. The zero-order chi connectivity index (χ0) is 23.8. The monoisotopic (exact) mass is 484 g/mol. The number of carbonyl (C=O) groups excluding carboxylic acids is 3. The summed E-state index contributed by atoms with van der Waals surface area (Å²) in [5.41, 5.74) is 0.869. The van der Waals surface area contributed by atoms with Crippen LogP contribution in [0.5, 0.6) is 0 Å². The van der Waals surface area contributed by atoms with Crippen LogP contribution in [0.4, 0.5) is 19.3 Å². The van der Waals surface area contributed by atoms with Gasteiger partial charge in [0, 0.05) is 51.6 Å². The minimum atomic E-state index is -2.72. The number of urea groups is 1. The van der Waals surface area contributed by atoms with E-state index in [0.717, 1.165) is 0 Å². The molecule has 0 saturated carbocycles. The second-order valence-corrected chi connectivity index (χ2v) is 9.08. The van der Waals surface area contributed by atoms with Gasteiger partial charge in [-0.25, -0.2) is 18.6 Å². The van der Waals surface area contributed by atoms with Crippen LogP contribution in [0.15, 0.2) is 6.07 Å². The molecule has 3 aliphatic rings. The molecular weight excluding hydrogens is 458 g/mol. The van der Waals surface area contributed by atoms with E-state index in [1.165, 1.54) is 11.0 Å². The molecule has 0 radical (unpaired) electrons. The van der Waals surface area contributed by atoms with Gasteiger partial charge in [0.25, 0.3) is 11.8 Å². The van der Waals surface area contributed by atoms with Crippen LogP contribution in [-0.2, 0) is 4.79 Å². The molecule has 4 rings (SSSR count). The summed E-state index contributed by atoms with van der Waals surface area (Å²) in [6.45, 7) is 4.20. The molecule has 2 N–H and O–H groups in total. The van der Waals surface area contributed by atoms with Crippen molar-refractivity contribution in [3.63, 3.8) is 0 Å². The van der Waals surface area contributed by atoms with Gasteiger partial charge in [-0.1, -0.05) is 11.6 Å². The molecule has 4 heterocycles. The number of pyridine rings is 1. The number of anilines is 1. The van der Waals surface area contributed by atoms with Gasteiger partial charge in [-0.05, 0) is 26.0 Å². The third-order valence-corrected chi connectivity index (χ3v) is 6.90. The van der Waals surface area contributed by atoms with Crippen molar-refractivity contribution in [2.75, 3.05) is 57.3 Å². The predicted octanol–water partition coefficient (Wildman–Crippen LogP) is 1.49. The van der Waals surface area contributed by atoms with Crippen molar-refractivity contribution in [2.45, 2.75) is 25.7 Å². The van der Waals surface area contributed by atoms with E-state index in [-0.39, 0.29) is 42.0 Å². The number of rotatable bonds is 4. The van der Waals surface area contributed by atoms with Gasteiger partial charge in [0.2, 0.25) is 5.91 Å². The molecule has 0 aliphatic carbocycles. The van der Waals surface area contributed by atoms with Crippen molar-refractivity contribution < 1.29 is 23.2 Å². The number of alkyl halides is 2. The number of hydrogen-bond donors (Lipinski definition) is 2. The van der Waals surface area contributed by atoms with Crippen molar-refractivity contribution in [3.8, 4) is 0 Å². The number of aromatic nitrogens is 1. The lowest BCUT2D eigenvalue weighted by molar-refractivity contribution is -0.120. The minimum Gasteiger partial charge on any atom is -0.335 e. The maximum Gasteiger partial charge on any atom is 0.328 e. The molecule has 1 atom stereocenters. The Balaban J connectivity index is 1.42. The van der Waals surface area contributed by atoms with Crippen LogP contribution in [0, 0.1) is 12.8 Å². The molecule has 33 heavy (non-hydrogen) atoms. The van der Waals surface area contributed by atoms with Gasteiger partial charge < -0.3 is 10.2 Å². The number of hydrogen-bond acceptors (Lipinski definition) is 6. The summed E-state index contributed by atoms with van der Waals surface area (Å²) >= 11 is 6.36. The standard InChI is InChI=1S/C21H27ClF2N6O3/c1-13-18(22)16(30-5-3-17(31)27-20(30)33)10-15(26-13)19(32)29-8-6-28(7-9-29)11-14-2-4-25-12-21(14,23)24/h10,14,25H,2-9,11-12H2,1H3,(H,27,31,33). The summed E-state index contributed by atoms with van der Waals surface area (Å²) < 4.78 is 28.3. The van der Waals surface area contributed by atoms with Crippen LogP contribution in [0.3, 0.4) is 0 Å². The molecule has 3 aliphatic heterocycles. The largest absolute Gasteiger partial charge is 0.335 e. The highest BCUT2D eigenvalue weighted by atomic mass is 35.5. The number of carbonyl (C=O) groups is 3. The summed E-state index contributed by atoms with van der Waals surface area (Å²) in [5, 5.41) is 5.22. The number of amides is 4. The van der Waals surface area contributed by atoms with Crippen LogP contribution < -0.4 is 15.5 Å². The van der Waals surface area contributed by atoms with Gasteiger partial charge in [-0.15, -0.1) is 0 Å². The van der Waals surface area contributed by atoms with Crippen molar-refractivity contribution >= 4 is 35.1 Å². The molecule has 9 nitrogen and oxygen atoms in total. The topological polar surface area (TPSA) is 97.9 Å². The first-order valence-corrected chi connectivity index (χ1v) is 11.4. The van der Waals surface area contributed by atoms with Gasteiger partial charge >= 0.3 is 6.03 Å². The fourth-order valence-corrected chi connectivity index (χ4v) is 4.66. The molecule has 3 fully saturated rings. The Bertz CT molecular complexity index is 954. The van der Waals surface area contributed by atoms with Crippen LogP contribution in [0.2, 0.25) is 5.02 Å². The first-order valence-electron chi connectivity index (χ1n) is 11.0. The molecular formula is C21H27ClF2N6O3. The van der Waals surface area contributed by atoms with E-state index in [4.69, 9.17) is 11.6 Å². The fraction of sp³-hybridized carbons (Fsp3) is 0.619. The third kappa shape index (κ3) is 5.10. The van der Waals surface area contributed by atoms with E-state index in [1.54, 1.807) is 11.8 Å².